The lowest BCUT2D eigenvalue weighted by molar-refractivity contribution is -0.159. The van der Waals surface area contributed by atoms with Crippen molar-refractivity contribution in [3.8, 4) is 16.9 Å². The molecule has 4 N–H and O–H groups in total. The minimum atomic E-state index is -3.79. The van der Waals surface area contributed by atoms with Crippen LogP contribution in [0.5, 0.6) is 5.75 Å². The number of sulfonamides is 1. The van der Waals surface area contributed by atoms with Crippen molar-refractivity contribution in [1.29, 1.82) is 0 Å². The third kappa shape index (κ3) is 5.62. The summed E-state index contributed by atoms with van der Waals surface area (Å²) in [5, 5.41) is 19.2. The van der Waals surface area contributed by atoms with Crippen LogP contribution in [0.3, 0.4) is 0 Å². The van der Waals surface area contributed by atoms with E-state index in [0.29, 0.717) is 21.6 Å². The summed E-state index contributed by atoms with van der Waals surface area (Å²) in [5.74, 6) is -3.21. The third-order valence-electron chi connectivity index (χ3n) is 5.15. The number of halogens is 1. The van der Waals surface area contributed by atoms with E-state index in [1.807, 2.05) is 12.1 Å². The molecule has 0 aliphatic rings. The number of carboxylic acid groups (broad SMARTS) is 2. The van der Waals surface area contributed by atoms with Crippen molar-refractivity contribution in [3.63, 3.8) is 0 Å². The van der Waals surface area contributed by atoms with Crippen LogP contribution >= 0.6 is 11.6 Å². The van der Waals surface area contributed by atoms with E-state index < -0.39 is 28.1 Å². The number of carboxylic acids is 2. The zero-order valence-electron chi connectivity index (χ0n) is 17.9. The second kappa shape index (κ2) is 9.79. The number of ether oxygens (including phenoxy) is 1. The summed E-state index contributed by atoms with van der Waals surface area (Å²) in [4.78, 5) is 25.2. The van der Waals surface area contributed by atoms with E-state index in [4.69, 9.17) is 26.6 Å². The molecule has 0 fully saturated rings. The Morgan fingerprint density at radius 3 is 2.11 bits per heavy atom. The number of aromatic amines is 1. The predicted molar refractivity (Wildman–Crippen MR) is 129 cm³/mol. The highest BCUT2D eigenvalue weighted by atomic mass is 35.5. The van der Waals surface area contributed by atoms with Gasteiger partial charge >= 0.3 is 11.9 Å². The molecule has 1 heterocycles. The molecule has 0 unspecified atom stereocenters. The lowest BCUT2D eigenvalue weighted by Gasteiger charge is -2.10. The van der Waals surface area contributed by atoms with Crippen LogP contribution in [0.15, 0.2) is 77.7 Å². The van der Waals surface area contributed by atoms with Crippen LogP contribution in [-0.4, -0.2) is 41.7 Å². The Hall–Kier alpha value is -3.86. The summed E-state index contributed by atoms with van der Waals surface area (Å²) in [6, 6.07) is 19.9. The molecule has 9 nitrogen and oxygen atoms in total. The van der Waals surface area contributed by atoms with Gasteiger partial charge in [0.15, 0.2) is 0 Å². The van der Waals surface area contributed by atoms with Gasteiger partial charge in [0, 0.05) is 22.3 Å². The summed E-state index contributed by atoms with van der Waals surface area (Å²) in [5.41, 5.74) is 2.83. The van der Waals surface area contributed by atoms with Gasteiger partial charge in [0.25, 0.3) is 6.10 Å². The standard InChI is InChI=1S/C24H19ClN2O7S/c25-17-6-1-14(2-7-17)15-4-9-20(10-5-15)35(32,33)26-13-18-11-16-3-8-19(12-21(16)27-18)34-22(23(28)29)24(30)31/h1-12,22,26-27H,13H2,(H,28,29)(H,30,31). The Morgan fingerprint density at radius 1 is 0.914 bits per heavy atom. The predicted octanol–water partition coefficient (Wildman–Crippen LogP) is 3.88. The van der Waals surface area contributed by atoms with Crippen LogP contribution in [0.4, 0.5) is 0 Å². The number of nitrogens with one attached hydrogen (secondary N) is 2. The summed E-state index contributed by atoms with van der Waals surface area (Å²) >= 11 is 5.91. The number of rotatable bonds is 9. The Morgan fingerprint density at radius 2 is 1.51 bits per heavy atom. The molecular formula is C24H19ClN2O7S. The number of hydrogen-bond acceptors (Lipinski definition) is 5. The molecule has 0 aliphatic carbocycles. The monoisotopic (exact) mass is 514 g/mol. The maximum Gasteiger partial charge on any atom is 0.356 e. The fourth-order valence-corrected chi connectivity index (χ4v) is 4.53. The summed E-state index contributed by atoms with van der Waals surface area (Å²) in [6.45, 7) is -0.0288. The van der Waals surface area contributed by atoms with E-state index in [0.717, 1.165) is 11.1 Å². The van der Waals surface area contributed by atoms with Gasteiger partial charge in [-0.3, -0.25) is 0 Å². The molecular weight excluding hydrogens is 496 g/mol. The largest absolute Gasteiger partial charge is 0.478 e. The van der Waals surface area contributed by atoms with Crippen LogP contribution in [0.2, 0.25) is 5.02 Å². The molecule has 0 radical (unpaired) electrons. The van der Waals surface area contributed by atoms with Crippen molar-refractivity contribution in [2.45, 2.75) is 17.5 Å². The summed E-state index contributed by atoms with van der Waals surface area (Å²) < 4.78 is 33.1. The van der Waals surface area contributed by atoms with E-state index in [-0.39, 0.29) is 17.2 Å². The highest BCUT2D eigenvalue weighted by Crippen LogP contribution is 2.24. The van der Waals surface area contributed by atoms with E-state index in [2.05, 4.69) is 9.71 Å². The molecule has 35 heavy (non-hydrogen) atoms. The Balaban J connectivity index is 1.45. The van der Waals surface area contributed by atoms with Gasteiger partial charge < -0.3 is 19.9 Å². The SMILES string of the molecule is O=C(O)C(Oc1ccc2cc(CNS(=O)(=O)c3ccc(-c4ccc(Cl)cc4)cc3)[nH]c2c1)C(=O)O. The van der Waals surface area contributed by atoms with Crippen molar-refractivity contribution in [3.05, 3.63) is 83.5 Å². The van der Waals surface area contributed by atoms with E-state index in [1.54, 1.807) is 36.4 Å². The first-order valence-electron chi connectivity index (χ1n) is 10.2. The lowest BCUT2D eigenvalue weighted by Crippen LogP contribution is -2.35. The molecule has 0 bridgehead atoms. The summed E-state index contributed by atoms with van der Waals surface area (Å²) in [7, 11) is -3.79. The van der Waals surface area contributed by atoms with Gasteiger partial charge in [-0.05, 0) is 59.0 Å². The molecule has 4 rings (SSSR count). The maximum absolute atomic E-state index is 12.7. The number of benzene rings is 3. The zero-order chi connectivity index (χ0) is 25.2. The minimum absolute atomic E-state index is 0.0288. The van der Waals surface area contributed by atoms with E-state index >= 15 is 0 Å². The number of carbonyl (C=O) groups is 2. The lowest BCUT2D eigenvalue weighted by atomic mass is 10.1. The second-order valence-corrected chi connectivity index (χ2v) is 9.78. The van der Waals surface area contributed by atoms with Crippen LogP contribution in [0.25, 0.3) is 22.0 Å². The molecule has 180 valence electrons. The first-order valence-corrected chi connectivity index (χ1v) is 12.1. The quantitative estimate of drug-likeness (QED) is 0.248. The highest BCUT2D eigenvalue weighted by Gasteiger charge is 2.28. The summed E-state index contributed by atoms with van der Waals surface area (Å²) in [6.07, 6.45) is -2.04. The van der Waals surface area contributed by atoms with Crippen molar-refractivity contribution in [1.82, 2.24) is 9.71 Å². The molecule has 11 heteroatoms. The van der Waals surface area contributed by atoms with Crippen LogP contribution in [0.1, 0.15) is 5.69 Å². The molecule has 4 aromatic rings. The number of aromatic nitrogens is 1. The van der Waals surface area contributed by atoms with Crippen molar-refractivity contribution in [2.24, 2.45) is 0 Å². The highest BCUT2D eigenvalue weighted by molar-refractivity contribution is 7.89. The molecule has 1 aromatic heterocycles. The van der Waals surface area contributed by atoms with Gasteiger partial charge in [-0.15, -0.1) is 0 Å². The third-order valence-corrected chi connectivity index (χ3v) is 6.82. The normalized spacial score (nSPS) is 11.6. The fraction of sp³-hybridized carbons (Fsp3) is 0.0833. The Kier molecular flexibility index (Phi) is 6.79. The number of H-pyrrole nitrogens is 1. The van der Waals surface area contributed by atoms with Crippen LogP contribution in [0, 0.1) is 0 Å². The van der Waals surface area contributed by atoms with Crippen molar-refractivity contribution >= 4 is 44.5 Å². The van der Waals surface area contributed by atoms with Crippen molar-refractivity contribution in [2.75, 3.05) is 0 Å². The topological polar surface area (TPSA) is 146 Å². The first kappa shape index (κ1) is 24.3. The second-order valence-electron chi connectivity index (χ2n) is 7.57. The zero-order valence-corrected chi connectivity index (χ0v) is 19.5. The van der Waals surface area contributed by atoms with E-state index in [1.165, 1.54) is 24.3 Å². The smallest absolute Gasteiger partial charge is 0.356 e. The van der Waals surface area contributed by atoms with E-state index in [9.17, 15) is 18.0 Å². The molecule has 3 aromatic carbocycles. The van der Waals surface area contributed by atoms with Crippen LogP contribution in [-0.2, 0) is 26.2 Å². The Labute approximate surface area is 205 Å². The average molecular weight is 515 g/mol. The molecule has 0 saturated carbocycles. The van der Waals surface area contributed by atoms with Gasteiger partial charge in [0.05, 0.1) is 11.4 Å². The first-order chi connectivity index (χ1) is 16.6. The van der Waals surface area contributed by atoms with Gasteiger partial charge in [-0.1, -0.05) is 35.9 Å². The van der Waals surface area contributed by atoms with Crippen molar-refractivity contribution < 1.29 is 33.0 Å². The Bertz CT molecular complexity index is 1480. The minimum Gasteiger partial charge on any atom is -0.478 e. The average Bonchev–Trinajstić information content (AvgIpc) is 3.24. The van der Waals surface area contributed by atoms with Gasteiger partial charge in [-0.25, -0.2) is 22.7 Å². The van der Waals surface area contributed by atoms with Crippen LogP contribution < -0.4 is 9.46 Å². The molecule has 0 amide bonds. The number of fused-ring (bicyclic) bond motifs is 1. The number of hydrogen-bond donors (Lipinski definition) is 4. The van der Waals surface area contributed by atoms with Gasteiger partial charge in [0.2, 0.25) is 10.0 Å². The molecule has 0 aliphatic heterocycles. The molecule has 0 spiro atoms. The maximum atomic E-state index is 12.7. The fourth-order valence-electron chi connectivity index (χ4n) is 3.40. The van der Waals surface area contributed by atoms with Gasteiger partial charge in [0.1, 0.15) is 5.75 Å². The molecule has 0 atom stereocenters. The number of aliphatic carboxylic acids is 2. The van der Waals surface area contributed by atoms with Gasteiger partial charge in [-0.2, -0.15) is 0 Å². The molecule has 0 saturated heterocycles.